The highest BCUT2D eigenvalue weighted by atomic mass is 19.1. The normalized spacial score (nSPS) is 10.1. The molecule has 2 N–H and O–H groups in total. The molecule has 2 nitrogen and oxygen atoms in total. The highest BCUT2D eigenvalue weighted by Crippen LogP contribution is 2.22. The van der Waals surface area contributed by atoms with E-state index in [2.05, 4.69) is 6.92 Å². The van der Waals surface area contributed by atoms with E-state index in [1.54, 1.807) is 6.07 Å². The van der Waals surface area contributed by atoms with Gasteiger partial charge in [0.2, 0.25) is 0 Å². The maximum absolute atomic E-state index is 12.7. The minimum absolute atomic E-state index is 0.286. The van der Waals surface area contributed by atoms with Crippen LogP contribution in [0.4, 0.5) is 15.8 Å². The number of hydrogen-bond donors (Lipinski definition) is 1. The number of halogens is 1. The van der Waals surface area contributed by atoms with Crippen LogP contribution in [-0.4, -0.2) is 13.6 Å². The van der Waals surface area contributed by atoms with Crippen LogP contribution in [0.25, 0.3) is 0 Å². The van der Waals surface area contributed by atoms with Gasteiger partial charge in [0.15, 0.2) is 0 Å². The van der Waals surface area contributed by atoms with Gasteiger partial charge in [-0.15, -0.1) is 0 Å². The molecule has 0 aliphatic heterocycles. The number of nitrogens with two attached hydrogens (primary N) is 1. The first-order chi connectivity index (χ1) is 6.15. The molecule has 3 heteroatoms. The fourth-order valence-electron chi connectivity index (χ4n) is 1.33. The topological polar surface area (TPSA) is 29.3 Å². The minimum Gasteiger partial charge on any atom is -0.397 e. The van der Waals surface area contributed by atoms with Crippen LogP contribution in [0.2, 0.25) is 0 Å². The monoisotopic (exact) mass is 182 g/mol. The summed E-state index contributed by atoms with van der Waals surface area (Å²) < 4.78 is 12.7. The van der Waals surface area contributed by atoms with E-state index in [9.17, 15) is 4.39 Å². The Kier molecular flexibility index (Phi) is 3.12. The summed E-state index contributed by atoms with van der Waals surface area (Å²) in [6.45, 7) is 3.02. The molecule has 72 valence electrons. The molecule has 0 radical (unpaired) electrons. The summed E-state index contributed by atoms with van der Waals surface area (Å²) in [6, 6.07) is 4.49. The van der Waals surface area contributed by atoms with Gasteiger partial charge in [0.25, 0.3) is 0 Å². The number of nitrogens with zero attached hydrogens (tertiary/aromatic N) is 1. The second-order valence-corrected chi connectivity index (χ2v) is 3.12. The van der Waals surface area contributed by atoms with Crippen molar-refractivity contribution in [1.82, 2.24) is 0 Å². The molecule has 0 aromatic heterocycles. The van der Waals surface area contributed by atoms with Gasteiger partial charge in [-0.05, 0) is 24.6 Å². The van der Waals surface area contributed by atoms with Gasteiger partial charge in [0.05, 0.1) is 11.4 Å². The summed E-state index contributed by atoms with van der Waals surface area (Å²) in [5.74, 6) is -0.286. The molecule has 0 atom stereocenters. The van der Waals surface area contributed by atoms with E-state index in [1.165, 1.54) is 12.1 Å². The molecular weight excluding hydrogens is 167 g/mol. The van der Waals surface area contributed by atoms with Gasteiger partial charge >= 0.3 is 0 Å². The van der Waals surface area contributed by atoms with Crippen molar-refractivity contribution in [1.29, 1.82) is 0 Å². The third-order valence-electron chi connectivity index (χ3n) is 1.96. The van der Waals surface area contributed by atoms with Crippen molar-refractivity contribution >= 4 is 11.4 Å². The maximum atomic E-state index is 12.7. The molecule has 0 spiro atoms. The molecule has 0 aliphatic rings. The second kappa shape index (κ2) is 4.12. The highest BCUT2D eigenvalue weighted by Gasteiger charge is 2.04. The largest absolute Gasteiger partial charge is 0.397 e. The van der Waals surface area contributed by atoms with E-state index in [0.29, 0.717) is 5.69 Å². The van der Waals surface area contributed by atoms with Crippen LogP contribution in [0.5, 0.6) is 0 Å². The lowest BCUT2D eigenvalue weighted by atomic mass is 10.2. The van der Waals surface area contributed by atoms with E-state index >= 15 is 0 Å². The Balaban J connectivity index is 2.88. The third-order valence-corrected chi connectivity index (χ3v) is 1.96. The molecule has 0 fully saturated rings. The van der Waals surface area contributed by atoms with E-state index in [0.717, 1.165) is 18.7 Å². The van der Waals surface area contributed by atoms with E-state index in [4.69, 9.17) is 5.73 Å². The first kappa shape index (κ1) is 9.84. The molecule has 0 saturated heterocycles. The lowest BCUT2D eigenvalue weighted by molar-refractivity contribution is 0.628. The van der Waals surface area contributed by atoms with Gasteiger partial charge in [-0.25, -0.2) is 4.39 Å². The number of hydrogen-bond acceptors (Lipinski definition) is 2. The Morgan fingerprint density at radius 3 is 2.69 bits per heavy atom. The lowest BCUT2D eigenvalue weighted by Gasteiger charge is -2.19. The predicted octanol–water partition coefficient (Wildman–Crippen LogP) is 2.25. The van der Waals surface area contributed by atoms with Crippen molar-refractivity contribution in [3.63, 3.8) is 0 Å². The van der Waals surface area contributed by atoms with Crippen LogP contribution < -0.4 is 10.6 Å². The molecule has 0 amide bonds. The van der Waals surface area contributed by atoms with E-state index in [-0.39, 0.29) is 5.82 Å². The van der Waals surface area contributed by atoms with Crippen molar-refractivity contribution in [3.05, 3.63) is 24.0 Å². The Bertz CT molecular complexity index is 286. The first-order valence-corrected chi connectivity index (χ1v) is 4.41. The third kappa shape index (κ3) is 2.34. The fraction of sp³-hybridized carbons (Fsp3) is 0.400. The molecule has 1 rings (SSSR count). The average molecular weight is 182 g/mol. The summed E-state index contributed by atoms with van der Waals surface area (Å²) in [5.41, 5.74) is 7.06. The molecule has 1 aromatic rings. The minimum atomic E-state index is -0.286. The van der Waals surface area contributed by atoms with Crippen LogP contribution in [0.15, 0.2) is 18.2 Å². The van der Waals surface area contributed by atoms with Crippen LogP contribution in [0.3, 0.4) is 0 Å². The molecular formula is C10H15FN2. The Labute approximate surface area is 78.2 Å². The highest BCUT2D eigenvalue weighted by molar-refractivity contribution is 5.67. The summed E-state index contributed by atoms with van der Waals surface area (Å²) in [5, 5.41) is 0. The number of benzene rings is 1. The van der Waals surface area contributed by atoms with Gasteiger partial charge in [0, 0.05) is 13.6 Å². The molecule has 0 bridgehead atoms. The Morgan fingerprint density at radius 2 is 2.15 bits per heavy atom. The van der Waals surface area contributed by atoms with Crippen molar-refractivity contribution in [2.24, 2.45) is 0 Å². The molecule has 0 aliphatic carbocycles. The predicted molar refractivity (Wildman–Crippen MR) is 54.4 cm³/mol. The van der Waals surface area contributed by atoms with Crippen LogP contribution in [0.1, 0.15) is 13.3 Å². The number of rotatable bonds is 3. The number of anilines is 2. The maximum Gasteiger partial charge on any atom is 0.125 e. The van der Waals surface area contributed by atoms with Crippen molar-refractivity contribution in [2.75, 3.05) is 24.2 Å². The molecule has 13 heavy (non-hydrogen) atoms. The zero-order valence-electron chi connectivity index (χ0n) is 8.05. The SMILES string of the molecule is CCCN(C)c1ccc(F)cc1N. The smallest absolute Gasteiger partial charge is 0.125 e. The molecule has 0 saturated carbocycles. The fourth-order valence-corrected chi connectivity index (χ4v) is 1.33. The zero-order chi connectivity index (χ0) is 9.84. The van der Waals surface area contributed by atoms with E-state index < -0.39 is 0 Å². The van der Waals surface area contributed by atoms with Crippen molar-refractivity contribution in [2.45, 2.75) is 13.3 Å². The lowest BCUT2D eigenvalue weighted by Crippen LogP contribution is -2.19. The summed E-state index contributed by atoms with van der Waals surface area (Å²) >= 11 is 0. The standard InChI is InChI=1S/C10H15FN2/c1-3-6-13(2)10-5-4-8(11)7-9(10)12/h4-5,7H,3,6,12H2,1-2H3. The second-order valence-electron chi connectivity index (χ2n) is 3.12. The van der Waals surface area contributed by atoms with Gasteiger partial charge < -0.3 is 10.6 Å². The first-order valence-electron chi connectivity index (χ1n) is 4.41. The average Bonchev–Trinajstić information content (AvgIpc) is 2.04. The van der Waals surface area contributed by atoms with E-state index in [1.807, 2.05) is 11.9 Å². The molecule has 1 aromatic carbocycles. The zero-order valence-corrected chi connectivity index (χ0v) is 8.05. The summed E-state index contributed by atoms with van der Waals surface area (Å²) in [4.78, 5) is 2.02. The van der Waals surface area contributed by atoms with Gasteiger partial charge in [-0.1, -0.05) is 6.92 Å². The van der Waals surface area contributed by atoms with Crippen molar-refractivity contribution in [3.8, 4) is 0 Å². The number of nitrogen functional groups attached to an aromatic ring is 1. The summed E-state index contributed by atoms with van der Waals surface area (Å²) in [7, 11) is 1.95. The molecule has 0 unspecified atom stereocenters. The summed E-state index contributed by atoms with van der Waals surface area (Å²) in [6.07, 6.45) is 1.05. The van der Waals surface area contributed by atoms with Gasteiger partial charge in [0.1, 0.15) is 5.82 Å². The molecule has 0 heterocycles. The van der Waals surface area contributed by atoms with Crippen LogP contribution >= 0.6 is 0 Å². The van der Waals surface area contributed by atoms with Gasteiger partial charge in [-0.3, -0.25) is 0 Å². The van der Waals surface area contributed by atoms with Crippen molar-refractivity contribution < 1.29 is 4.39 Å². The van der Waals surface area contributed by atoms with Crippen LogP contribution in [0, 0.1) is 5.82 Å². The Hall–Kier alpha value is -1.25. The van der Waals surface area contributed by atoms with Crippen LogP contribution in [-0.2, 0) is 0 Å². The van der Waals surface area contributed by atoms with Gasteiger partial charge in [-0.2, -0.15) is 0 Å². The Morgan fingerprint density at radius 1 is 1.46 bits per heavy atom. The quantitative estimate of drug-likeness (QED) is 0.726.